The number of aryl methyl sites for hydroxylation is 2. The van der Waals surface area contributed by atoms with Gasteiger partial charge in [-0.3, -0.25) is 9.59 Å². The summed E-state index contributed by atoms with van der Waals surface area (Å²) in [6, 6.07) is 14.8. The third kappa shape index (κ3) is 4.35. The molecule has 0 N–H and O–H groups in total. The number of carbonyl (C=O) groups excluding carboxylic acids is 2. The summed E-state index contributed by atoms with van der Waals surface area (Å²) >= 11 is 0. The summed E-state index contributed by atoms with van der Waals surface area (Å²) in [5, 5.41) is 0. The van der Waals surface area contributed by atoms with Gasteiger partial charge in [0.1, 0.15) is 0 Å². The summed E-state index contributed by atoms with van der Waals surface area (Å²) in [5.41, 5.74) is 3.38. The summed E-state index contributed by atoms with van der Waals surface area (Å²) in [6.07, 6.45) is 0. The van der Waals surface area contributed by atoms with Gasteiger partial charge in [-0.25, -0.2) is 0 Å². The number of ether oxygens (including phenoxy) is 1. The Morgan fingerprint density at radius 2 is 1.14 bits per heavy atom. The first-order valence-corrected chi connectivity index (χ1v) is 6.63. The fourth-order valence-corrected chi connectivity index (χ4v) is 1.91. The second kappa shape index (κ2) is 6.93. The standard InChI is InChI=1S/C16H14B2O3/c1-11-7-3-5-9-13(11)17-15(19)21-16(20)18-14-10-6-4-8-12(14)2/h3-10H,1-2H3. The Balaban J connectivity index is 1.93. The lowest BCUT2D eigenvalue weighted by Crippen LogP contribution is -2.32. The molecular weight excluding hydrogens is 262 g/mol. The molecule has 0 saturated heterocycles. The second-order valence-electron chi connectivity index (χ2n) is 4.74. The lowest BCUT2D eigenvalue weighted by atomic mass is 9.67. The zero-order chi connectivity index (χ0) is 15.2. The van der Waals surface area contributed by atoms with Gasteiger partial charge in [0, 0.05) is 0 Å². The minimum atomic E-state index is -0.667. The van der Waals surface area contributed by atoms with Gasteiger partial charge in [-0.1, -0.05) is 70.6 Å². The van der Waals surface area contributed by atoms with Gasteiger partial charge < -0.3 is 4.74 Å². The quantitative estimate of drug-likeness (QED) is 0.633. The number of carbonyl (C=O) groups is 2. The van der Waals surface area contributed by atoms with E-state index in [-0.39, 0.29) is 0 Å². The van der Waals surface area contributed by atoms with Crippen LogP contribution in [0.2, 0.25) is 0 Å². The fraction of sp³-hybridized carbons (Fsp3) is 0.125. The lowest BCUT2D eigenvalue weighted by Gasteiger charge is -2.06. The SMILES string of the molecule is Cc1ccccc1[B]C(=O)OC(=O)[B]c1ccccc1C. The Kier molecular flexibility index (Phi) is 4.99. The normalized spacial score (nSPS) is 9.81. The molecule has 102 valence electrons. The third-order valence-corrected chi connectivity index (χ3v) is 3.12. The van der Waals surface area contributed by atoms with E-state index in [1.54, 1.807) is 12.1 Å². The Morgan fingerprint density at radius 1 is 0.762 bits per heavy atom. The van der Waals surface area contributed by atoms with E-state index in [9.17, 15) is 9.59 Å². The van der Waals surface area contributed by atoms with Crippen molar-refractivity contribution in [3.63, 3.8) is 0 Å². The van der Waals surface area contributed by atoms with Gasteiger partial charge in [0.2, 0.25) is 0 Å². The molecule has 3 nitrogen and oxygen atoms in total. The van der Waals surface area contributed by atoms with Crippen LogP contribution < -0.4 is 10.9 Å². The number of benzene rings is 2. The summed E-state index contributed by atoms with van der Waals surface area (Å²) < 4.78 is 4.78. The molecule has 2 aromatic carbocycles. The molecule has 0 bridgehead atoms. The number of hydrogen-bond donors (Lipinski definition) is 0. The van der Waals surface area contributed by atoms with Crippen molar-refractivity contribution in [2.24, 2.45) is 0 Å². The van der Waals surface area contributed by atoms with Crippen LogP contribution in [0.4, 0.5) is 9.59 Å². The van der Waals surface area contributed by atoms with Crippen molar-refractivity contribution in [3.05, 3.63) is 59.7 Å². The molecule has 0 heterocycles. The van der Waals surface area contributed by atoms with Crippen molar-refractivity contribution in [3.8, 4) is 0 Å². The predicted octanol–water partition coefficient (Wildman–Crippen LogP) is 1.92. The summed E-state index contributed by atoms with van der Waals surface area (Å²) in [4.78, 5) is 23.5. The molecule has 2 rings (SSSR count). The first-order valence-electron chi connectivity index (χ1n) is 6.63. The summed E-state index contributed by atoms with van der Waals surface area (Å²) in [7, 11) is 2.64. The minimum Gasteiger partial charge on any atom is -0.411 e. The van der Waals surface area contributed by atoms with Crippen LogP contribution in [0.3, 0.4) is 0 Å². The van der Waals surface area contributed by atoms with Crippen LogP contribution >= 0.6 is 0 Å². The Hall–Kier alpha value is -2.29. The van der Waals surface area contributed by atoms with Crippen molar-refractivity contribution in [2.45, 2.75) is 13.8 Å². The van der Waals surface area contributed by atoms with Crippen molar-refractivity contribution in [1.82, 2.24) is 0 Å². The molecule has 2 radical (unpaired) electrons. The van der Waals surface area contributed by atoms with Crippen molar-refractivity contribution >= 4 is 37.2 Å². The van der Waals surface area contributed by atoms with E-state index in [0.29, 0.717) is 0 Å². The Bertz CT molecular complexity index is 611. The van der Waals surface area contributed by atoms with Crippen molar-refractivity contribution in [1.29, 1.82) is 0 Å². The Labute approximate surface area is 125 Å². The monoisotopic (exact) mass is 276 g/mol. The van der Waals surface area contributed by atoms with Gasteiger partial charge >= 0.3 is 14.6 Å². The average molecular weight is 276 g/mol. The molecule has 0 atom stereocenters. The first kappa shape index (κ1) is 15.1. The topological polar surface area (TPSA) is 43.4 Å². The maximum atomic E-state index is 11.7. The molecule has 0 aromatic heterocycles. The summed E-state index contributed by atoms with van der Waals surface area (Å²) in [5.74, 6) is -1.33. The maximum absolute atomic E-state index is 11.7. The van der Waals surface area contributed by atoms with Crippen molar-refractivity contribution < 1.29 is 14.3 Å². The van der Waals surface area contributed by atoms with E-state index < -0.39 is 11.7 Å². The van der Waals surface area contributed by atoms with E-state index in [1.165, 1.54) is 14.6 Å². The molecular formula is C16H14B2O3. The molecule has 0 aliphatic heterocycles. The van der Waals surface area contributed by atoms with Crippen LogP contribution in [0.5, 0.6) is 0 Å². The summed E-state index contributed by atoms with van der Waals surface area (Å²) in [6.45, 7) is 3.78. The molecule has 0 aliphatic rings. The van der Waals surface area contributed by atoms with Gasteiger partial charge in [-0.15, -0.1) is 0 Å². The molecule has 0 aliphatic carbocycles. The highest BCUT2D eigenvalue weighted by Crippen LogP contribution is 1.95. The highest BCUT2D eigenvalue weighted by Gasteiger charge is 2.16. The smallest absolute Gasteiger partial charge is 0.300 e. The van der Waals surface area contributed by atoms with Crippen LogP contribution in [0.25, 0.3) is 0 Å². The first-order chi connectivity index (χ1) is 10.1. The molecule has 5 heteroatoms. The van der Waals surface area contributed by atoms with E-state index in [2.05, 4.69) is 0 Å². The van der Waals surface area contributed by atoms with Crippen LogP contribution in [0, 0.1) is 13.8 Å². The minimum absolute atomic E-state index is 0.667. The lowest BCUT2D eigenvalue weighted by molar-refractivity contribution is 0.184. The third-order valence-electron chi connectivity index (χ3n) is 3.12. The molecule has 0 spiro atoms. The van der Waals surface area contributed by atoms with E-state index in [0.717, 1.165) is 22.1 Å². The Morgan fingerprint density at radius 3 is 1.52 bits per heavy atom. The molecule has 0 saturated carbocycles. The van der Waals surface area contributed by atoms with E-state index in [1.807, 2.05) is 50.2 Å². The van der Waals surface area contributed by atoms with Gasteiger partial charge in [0.15, 0.2) is 0 Å². The van der Waals surface area contributed by atoms with E-state index in [4.69, 9.17) is 4.74 Å². The number of rotatable bonds is 4. The molecule has 2 aromatic rings. The predicted molar refractivity (Wildman–Crippen MR) is 85.0 cm³/mol. The van der Waals surface area contributed by atoms with Crippen molar-refractivity contribution in [2.75, 3.05) is 0 Å². The second-order valence-corrected chi connectivity index (χ2v) is 4.74. The zero-order valence-electron chi connectivity index (χ0n) is 12.0. The van der Waals surface area contributed by atoms with Gasteiger partial charge in [0.05, 0.1) is 0 Å². The highest BCUT2D eigenvalue weighted by atomic mass is 16.6. The fourth-order valence-electron chi connectivity index (χ4n) is 1.91. The van der Waals surface area contributed by atoms with E-state index >= 15 is 0 Å². The highest BCUT2D eigenvalue weighted by molar-refractivity contribution is 6.87. The maximum Gasteiger partial charge on any atom is 0.300 e. The molecule has 0 amide bonds. The van der Waals surface area contributed by atoms with Gasteiger partial charge in [-0.05, 0) is 13.8 Å². The zero-order valence-corrected chi connectivity index (χ0v) is 12.0. The van der Waals surface area contributed by atoms with Crippen LogP contribution in [0.15, 0.2) is 48.5 Å². The molecule has 0 fully saturated rings. The molecule has 21 heavy (non-hydrogen) atoms. The van der Waals surface area contributed by atoms with Crippen LogP contribution in [0.1, 0.15) is 11.1 Å². The molecule has 0 unspecified atom stereocenters. The van der Waals surface area contributed by atoms with Crippen LogP contribution in [-0.2, 0) is 4.74 Å². The largest absolute Gasteiger partial charge is 0.411 e. The number of hydrogen-bond acceptors (Lipinski definition) is 3. The van der Waals surface area contributed by atoms with Crippen LogP contribution in [-0.4, -0.2) is 26.3 Å². The van der Waals surface area contributed by atoms with Gasteiger partial charge in [0.25, 0.3) is 11.7 Å². The van der Waals surface area contributed by atoms with Gasteiger partial charge in [-0.2, -0.15) is 0 Å². The average Bonchev–Trinajstić information content (AvgIpc) is 2.44.